The molecule has 15 heteroatoms. The van der Waals surface area contributed by atoms with Crippen molar-refractivity contribution in [1.29, 1.82) is 0 Å². The quantitative estimate of drug-likeness (QED) is 0.109. The fraction of sp³-hybridized carbons (Fsp3) is 0.140. The fourth-order valence-corrected chi connectivity index (χ4v) is 5.71. The Balaban J connectivity index is 0.000000186. The number of nitrogens with zero attached hydrogens (tertiary/aromatic N) is 1. The number of fused-ring (bicyclic) bond motifs is 2. The number of aromatic hydroxyl groups is 1. The monoisotopic (exact) mass is 784 g/mol. The molecule has 4 heterocycles. The van der Waals surface area contributed by atoms with Crippen LogP contribution in [-0.2, 0) is 22.8 Å². The van der Waals surface area contributed by atoms with Crippen molar-refractivity contribution in [2.45, 2.75) is 40.9 Å². The fourth-order valence-electron chi connectivity index (χ4n) is 5.71. The topological polar surface area (TPSA) is 225 Å². The number of ether oxygens (including phenoxy) is 2. The summed E-state index contributed by atoms with van der Waals surface area (Å²) >= 11 is 0. The van der Waals surface area contributed by atoms with Crippen molar-refractivity contribution in [3.8, 4) is 28.6 Å². The summed E-state index contributed by atoms with van der Waals surface area (Å²) in [5.74, 6) is -0.104. The van der Waals surface area contributed by atoms with Crippen LogP contribution in [0, 0.1) is 13.8 Å². The van der Waals surface area contributed by atoms with Crippen LogP contribution in [0.5, 0.6) is 17.4 Å². The summed E-state index contributed by atoms with van der Waals surface area (Å²) in [5.41, 5.74) is 4.05. The number of H-pyrrole nitrogens is 3. The minimum absolute atomic E-state index is 0. The molecule has 15 nitrogen and oxygen atoms in total. The van der Waals surface area contributed by atoms with Gasteiger partial charge in [0, 0.05) is 33.5 Å². The van der Waals surface area contributed by atoms with Crippen molar-refractivity contribution in [3.63, 3.8) is 0 Å². The van der Waals surface area contributed by atoms with Gasteiger partial charge in [0.15, 0.2) is 0 Å². The second-order valence-corrected chi connectivity index (χ2v) is 12.8. The van der Waals surface area contributed by atoms with Crippen molar-refractivity contribution in [2.24, 2.45) is 0 Å². The first kappa shape index (κ1) is 41.4. The zero-order chi connectivity index (χ0) is 40.5. The van der Waals surface area contributed by atoms with E-state index < -0.39 is 35.0 Å². The van der Waals surface area contributed by atoms with E-state index in [4.69, 9.17) is 9.47 Å². The number of imide groups is 2. The summed E-state index contributed by atoms with van der Waals surface area (Å²) in [6.07, 6.45) is -0.258. The van der Waals surface area contributed by atoms with E-state index >= 15 is 0 Å². The number of amides is 4. The first-order valence-electron chi connectivity index (χ1n) is 17.5. The van der Waals surface area contributed by atoms with Crippen LogP contribution in [0.3, 0.4) is 0 Å². The van der Waals surface area contributed by atoms with Gasteiger partial charge >= 0.3 is 11.7 Å². The number of rotatable bonds is 7. The van der Waals surface area contributed by atoms with Crippen molar-refractivity contribution in [3.05, 3.63) is 163 Å². The van der Waals surface area contributed by atoms with E-state index in [0.29, 0.717) is 12.1 Å². The van der Waals surface area contributed by atoms with Crippen LogP contribution in [0.1, 0.15) is 36.1 Å². The maximum Gasteiger partial charge on any atom is 0.328 e. The highest BCUT2D eigenvalue weighted by atomic mass is 16.5. The lowest BCUT2D eigenvalue weighted by molar-refractivity contribution is -0.129. The highest BCUT2D eigenvalue weighted by Crippen LogP contribution is 2.27. The Labute approximate surface area is 330 Å². The van der Waals surface area contributed by atoms with Crippen molar-refractivity contribution in [1.82, 2.24) is 30.6 Å². The molecule has 6 N–H and O–H groups in total. The molecule has 0 unspecified atom stereocenters. The van der Waals surface area contributed by atoms with Crippen molar-refractivity contribution < 1.29 is 29.0 Å². The second-order valence-electron chi connectivity index (χ2n) is 12.8. The third-order valence-electron chi connectivity index (χ3n) is 8.47. The molecule has 4 aromatic carbocycles. The second kappa shape index (κ2) is 18.7. The Bertz CT molecular complexity index is 2730. The smallest absolute Gasteiger partial charge is 0.328 e. The Morgan fingerprint density at radius 1 is 0.638 bits per heavy atom. The van der Waals surface area contributed by atoms with Gasteiger partial charge in [-0.2, -0.15) is 0 Å². The van der Waals surface area contributed by atoms with Crippen LogP contribution in [0.25, 0.3) is 33.1 Å². The molecule has 0 atom stereocenters. The summed E-state index contributed by atoms with van der Waals surface area (Å²) < 4.78 is 11.6. The number of urea groups is 1. The standard InChI is InChI=1S/C21H17N3O4.C17H15NO2.C4H4N2O3.CH4/c1-12-6-8-14(9-7-12)28-11-13-10-17(22-16-5-3-2-4-15(13)16)18-19(25)23-21(27)24-20(18)26;1-12-6-8-14(9-7-12)20-11-13-10-17(19)18-16-5-3-2-4-15(13)16;7-2-1-3(8)6-4(9)5-2;/h2-10H,11H2,1H3,(H3,23,24,25,26,27);2-10H,11H2,1H3,(H,18,19);1H2,(H2,5,6,7,8,9);1H4. The van der Waals surface area contributed by atoms with E-state index in [2.05, 4.69) is 19.9 Å². The van der Waals surface area contributed by atoms with E-state index in [1.54, 1.807) is 12.1 Å². The van der Waals surface area contributed by atoms with E-state index in [-0.39, 0.29) is 37.3 Å². The van der Waals surface area contributed by atoms with Gasteiger partial charge < -0.3 is 19.6 Å². The van der Waals surface area contributed by atoms with E-state index in [0.717, 1.165) is 44.5 Å². The molecule has 1 saturated heterocycles. The SMILES string of the molecule is C.Cc1ccc(OCc2cc(-c3c(O)[nH]c(=O)[nH]c3=O)nc3ccccc23)cc1.Cc1ccc(OCc2cc(=O)[nH]c3ccccc23)cc1.O=C1CC(=O)NC(=O)N1. The number of para-hydroxylation sites is 2. The maximum absolute atomic E-state index is 12.2. The van der Waals surface area contributed by atoms with E-state index in [1.807, 2.05) is 122 Å². The first-order chi connectivity index (χ1) is 27.4. The number of nitrogens with one attached hydrogen (secondary N) is 5. The molecule has 0 aliphatic carbocycles. The molecule has 3 aromatic heterocycles. The van der Waals surface area contributed by atoms with Gasteiger partial charge in [-0.25, -0.2) is 14.6 Å². The van der Waals surface area contributed by atoms with Crippen molar-refractivity contribution in [2.75, 3.05) is 0 Å². The Morgan fingerprint density at radius 3 is 1.74 bits per heavy atom. The van der Waals surface area contributed by atoms with Gasteiger partial charge in [0.2, 0.25) is 23.3 Å². The van der Waals surface area contributed by atoms with Crippen LogP contribution < -0.4 is 36.9 Å². The lowest BCUT2D eigenvalue weighted by Gasteiger charge is -2.12. The molecular weight excluding hydrogens is 745 g/mol. The minimum Gasteiger partial charge on any atom is -0.494 e. The predicted molar refractivity (Wildman–Crippen MR) is 219 cm³/mol. The number of barbiturate groups is 1. The number of carbonyl (C=O) groups is 3. The van der Waals surface area contributed by atoms with Gasteiger partial charge in [0.25, 0.3) is 5.56 Å². The van der Waals surface area contributed by atoms with Gasteiger partial charge in [0.05, 0.1) is 11.2 Å². The number of benzene rings is 4. The summed E-state index contributed by atoms with van der Waals surface area (Å²) in [5, 5.41) is 15.8. The molecule has 58 heavy (non-hydrogen) atoms. The first-order valence-corrected chi connectivity index (χ1v) is 17.5. The highest BCUT2D eigenvalue weighted by molar-refractivity contribution is 6.14. The van der Waals surface area contributed by atoms with Gasteiger partial charge in [-0.15, -0.1) is 0 Å². The number of hydrogen-bond donors (Lipinski definition) is 6. The third kappa shape index (κ3) is 10.7. The lowest BCUT2D eigenvalue weighted by Crippen LogP contribution is -2.49. The maximum atomic E-state index is 12.2. The van der Waals surface area contributed by atoms with Crippen LogP contribution in [0.4, 0.5) is 4.79 Å². The molecule has 296 valence electrons. The average Bonchev–Trinajstić information content (AvgIpc) is 3.17. The highest BCUT2D eigenvalue weighted by Gasteiger charge is 2.20. The third-order valence-corrected chi connectivity index (χ3v) is 8.47. The molecule has 4 amide bonds. The molecule has 0 saturated carbocycles. The zero-order valence-electron chi connectivity index (χ0n) is 30.7. The van der Waals surface area contributed by atoms with E-state index in [1.165, 1.54) is 5.56 Å². The number of aryl methyl sites for hydroxylation is 2. The lowest BCUT2D eigenvalue weighted by atomic mass is 10.1. The molecule has 1 aliphatic rings. The Kier molecular flexibility index (Phi) is 13.3. The van der Waals surface area contributed by atoms with Crippen molar-refractivity contribution >= 4 is 39.7 Å². The van der Waals surface area contributed by atoms with Crippen LogP contribution in [-0.4, -0.2) is 42.9 Å². The Hall–Kier alpha value is -7.81. The number of hydrogen-bond acceptors (Lipinski definition) is 10. The summed E-state index contributed by atoms with van der Waals surface area (Å²) in [6.45, 7) is 4.67. The average molecular weight is 785 g/mol. The molecule has 7 aromatic rings. The van der Waals surface area contributed by atoms with E-state index in [9.17, 15) is 33.9 Å². The number of carbonyl (C=O) groups excluding carboxylic acids is 3. The molecule has 8 rings (SSSR count). The summed E-state index contributed by atoms with van der Waals surface area (Å²) in [7, 11) is 0. The molecule has 0 bridgehead atoms. The van der Waals surface area contributed by atoms with Gasteiger partial charge in [-0.1, -0.05) is 79.2 Å². The Morgan fingerprint density at radius 2 is 1.17 bits per heavy atom. The van der Waals surface area contributed by atoms with Crippen LogP contribution in [0.2, 0.25) is 0 Å². The van der Waals surface area contributed by atoms with Gasteiger partial charge in [0.1, 0.15) is 36.7 Å². The normalized spacial score (nSPS) is 11.9. The zero-order valence-corrected chi connectivity index (χ0v) is 30.7. The van der Waals surface area contributed by atoms with Gasteiger partial charge in [-0.05, 0) is 56.3 Å². The molecule has 1 fully saturated rings. The molecule has 0 spiro atoms. The van der Waals surface area contributed by atoms with Crippen LogP contribution >= 0.6 is 0 Å². The minimum atomic E-state index is -0.782. The predicted octanol–water partition coefficient (Wildman–Crippen LogP) is 5.67. The number of pyridine rings is 2. The summed E-state index contributed by atoms with van der Waals surface area (Å²) in [6, 6.07) is 33.3. The molecule has 0 radical (unpaired) electrons. The number of aromatic nitrogens is 4. The van der Waals surface area contributed by atoms with Gasteiger partial charge in [-0.3, -0.25) is 39.8 Å². The largest absolute Gasteiger partial charge is 0.494 e. The van der Waals surface area contributed by atoms with Crippen LogP contribution in [0.15, 0.2) is 124 Å². The molecule has 1 aliphatic heterocycles. The molecular formula is C43H40N6O9. The summed E-state index contributed by atoms with van der Waals surface area (Å²) in [4.78, 5) is 77.6. The number of aromatic amines is 3.